The summed E-state index contributed by atoms with van der Waals surface area (Å²) in [5.74, 6) is 5.20. The summed E-state index contributed by atoms with van der Waals surface area (Å²) in [7, 11) is 0. The first-order valence-electron chi connectivity index (χ1n) is 6.92. The monoisotopic (exact) mass is 230 g/mol. The number of aliphatic hydroxyl groups is 1. The van der Waals surface area contributed by atoms with E-state index in [1.165, 1.54) is 19.3 Å². The molecule has 4 rings (SSSR count). The fourth-order valence-corrected chi connectivity index (χ4v) is 5.25. The zero-order valence-electron chi connectivity index (χ0n) is 10.5. The molecule has 1 N–H and O–H groups in total. The largest absolute Gasteiger partial charge is 0.377 e. The van der Waals surface area contributed by atoms with Crippen LogP contribution in [0.1, 0.15) is 44.9 Å². The Bertz CT molecular complexity index is 340. The van der Waals surface area contributed by atoms with E-state index in [0.29, 0.717) is 6.42 Å². The van der Waals surface area contributed by atoms with Gasteiger partial charge >= 0.3 is 0 Å². The molecule has 0 heterocycles. The molecule has 0 unspecified atom stereocenters. The summed E-state index contributed by atoms with van der Waals surface area (Å²) in [5, 5.41) is 10.9. The average Bonchev–Trinajstić information content (AvgIpc) is 2.27. The molecule has 0 aromatic carbocycles. The molecule has 4 aliphatic carbocycles. The zero-order valence-corrected chi connectivity index (χ0v) is 10.5. The number of hydrogen-bond acceptors (Lipinski definition) is 1. The van der Waals surface area contributed by atoms with Crippen LogP contribution in [0.4, 0.5) is 0 Å². The SMILES string of the molecule is C#C[C@](O)(CC=C)C12CC3CC(CC(C3)C1)C2. The third kappa shape index (κ3) is 1.50. The fraction of sp³-hybridized carbons (Fsp3) is 0.750. The molecule has 4 saturated carbocycles. The lowest BCUT2D eigenvalue weighted by molar-refractivity contribution is -0.150. The lowest BCUT2D eigenvalue weighted by Gasteiger charge is -2.60. The van der Waals surface area contributed by atoms with Crippen molar-refractivity contribution in [2.75, 3.05) is 0 Å². The van der Waals surface area contributed by atoms with E-state index in [-0.39, 0.29) is 5.41 Å². The van der Waals surface area contributed by atoms with Gasteiger partial charge in [-0.3, -0.25) is 0 Å². The standard InChI is InChI=1S/C16H22O/c1-3-5-16(17,4-2)15-9-12-6-13(10-15)8-14(7-12)11-15/h2-3,12-14,17H,1,5-11H2/t12?,13?,14?,15?,16-/m0/s1. The second-order valence-corrected chi connectivity index (χ2v) is 6.70. The quantitative estimate of drug-likeness (QED) is 0.583. The van der Waals surface area contributed by atoms with Crippen LogP contribution in [0, 0.1) is 35.5 Å². The van der Waals surface area contributed by atoms with Crippen LogP contribution in [-0.4, -0.2) is 10.7 Å². The van der Waals surface area contributed by atoms with Crippen LogP contribution in [0.5, 0.6) is 0 Å². The van der Waals surface area contributed by atoms with Crippen molar-refractivity contribution in [1.82, 2.24) is 0 Å². The predicted molar refractivity (Wildman–Crippen MR) is 69.2 cm³/mol. The van der Waals surface area contributed by atoms with Gasteiger partial charge in [0.25, 0.3) is 0 Å². The van der Waals surface area contributed by atoms with Crippen molar-refractivity contribution in [2.24, 2.45) is 23.2 Å². The van der Waals surface area contributed by atoms with E-state index in [0.717, 1.165) is 37.0 Å². The topological polar surface area (TPSA) is 20.2 Å². The lowest BCUT2D eigenvalue weighted by atomic mass is 9.45. The Balaban J connectivity index is 1.96. The maximum Gasteiger partial charge on any atom is 0.134 e. The lowest BCUT2D eigenvalue weighted by Crippen LogP contribution is -2.57. The van der Waals surface area contributed by atoms with Gasteiger partial charge < -0.3 is 5.11 Å². The van der Waals surface area contributed by atoms with Crippen molar-refractivity contribution >= 4 is 0 Å². The maximum absolute atomic E-state index is 10.9. The van der Waals surface area contributed by atoms with E-state index in [1.54, 1.807) is 6.08 Å². The molecule has 1 nitrogen and oxygen atoms in total. The Morgan fingerprint density at radius 3 is 2.06 bits per heavy atom. The third-order valence-corrected chi connectivity index (χ3v) is 5.59. The highest BCUT2D eigenvalue weighted by Gasteiger charge is 2.59. The molecule has 0 radical (unpaired) electrons. The van der Waals surface area contributed by atoms with E-state index in [9.17, 15) is 5.11 Å². The smallest absolute Gasteiger partial charge is 0.134 e. The predicted octanol–water partition coefficient (Wildman–Crippen LogP) is 3.14. The van der Waals surface area contributed by atoms with E-state index >= 15 is 0 Å². The molecule has 0 aliphatic heterocycles. The molecule has 0 saturated heterocycles. The minimum Gasteiger partial charge on any atom is -0.377 e. The van der Waals surface area contributed by atoms with Crippen molar-refractivity contribution in [3.8, 4) is 12.3 Å². The summed E-state index contributed by atoms with van der Waals surface area (Å²) in [6.45, 7) is 3.77. The minimum absolute atomic E-state index is 0.00465. The molecule has 4 fully saturated rings. The first-order chi connectivity index (χ1) is 8.11. The molecule has 4 bridgehead atoms. The van der Waals surface area contributed by atoms with Crippen LogP contribution in [-0.2, 0) is 0 Å². The van der Waals surface area contributed by atoms with Crippen LogP contribution in [0.3, 0.4) is 0 Å². The second kappa shape index (κ2) is 3.62. The molecule has 0 aromatic rings. The van der Waals surface area contributed by atoms with Crippen LogP contribution in [0.2, 0.25) is 0 Å². The first-order valence-corrected chi connectivity index (χ1v) is 6.92. The third-order valence-electron chi connectivity index (χ3n) is 5.59. The van der Waals surface area contributed by atoms with Gasteiger partial charge in [0, 0.05) is 11.8 Å². The van der Waals surface area contributed by atoms with Gasteiger partial charge in [0.1, 0.15) is 5.60 Å². The maximum atomic E-state index is 10.9. The van der Waals surface area contributed by atoms with Crippen molar-refractivity contribution in [2.45, 2.75) is 50.5 Å². The van der Waals surface area contributed by atoms with Gasteiger partial charge in [0.2, 0.25) is 0 Å². The molecule has 92 valence electrons. The Labute approximate surface area is 104 Å². The Hall–Kier alpha value is -0.740. The molecule has 4 aliphatic rings. The normalized spacial score (nSPS) is 46.2. The van der Waals surface area contributed by atoms with Gasteiger partial charge in [-0.25, -0.2) is 0 Å². The van der Waals surface area contributed by atoms with Crippen LogP contribution < -0.4 is 0 Å². The van der Waals surface area contributed by atoms with E-state index in [1.807, 2.05) is 0 Å². The summed E-state index contributed by atoms with van der Waals surface area (Å²) in [6, 6.07) is 0. The number of hydrogen-bond donors (Lipinski definition) is 1. The number of terminal acetylenes is 1. The van der Waals surface area contributed by atoms with Gasteiger partial charge in [-0.05, 0) is 56.3 Å². The molecule has 0 spiro atoms. The van der Waals surface area contributed by atoms with Gasteiger partial charge in [0.05, 0.1) is 0 Å². The molecule has 1 heteroatoms. The molecule has 0 amide bonds. The average molecular weight is 230 g/mol. The van der Waals surface area contributed by atoms with E-state index in [2.05, 4.69) is 12.5 Å². The summed E-state index contributed by atoms with van der Waals surface area (Å²) < 4.78 is 0. The highest BCUT2D eigenvalue weighted by molar-refractivity contribution is 5.22. The summed E-state index contributed by atoms with van der Waals surface area (Å²) in [6.07, 6.45) is 15.6. The van der Waals surface area contributed by atoms with Crippen molar-refractivity contribution < 1.29 is 5.11 Å². The van der Waals surface area contributed by atoms with Gasteiger partial charge in [-0.15, -0.1) is 13.0 Å². The Morgan fingerprint density at radius 2 is 1.71 bits per heavy atom. The number of rotatable bonds is 3. The van der Waals surface area contributed by atoms with Crippen LogP contribution in [0.15, 0.2) is 12.7 Å². The Kier molecular flexibility index (Phi) is 2.42. The highest BCUT2D eigenvalue weighted by atomic mass is 16.3. The molecule has 17 heavy (non-hydrogen) atoms. The molecule has 0 aromatic heterocycles. The van der Waals surface area contributed by atoms with Crippen LogP contribution in [0.25, 0.3) is 0 Å². The van der Waals surface area contributed by atoms with E-state index in [4.69, 9.17) is 6.42 Å². The van der Waals surface area contributed by atoms with Crippen molar-refractivity contribution in [3.05, 3.63) is 12.7 Å². The summed E-state index contributed by atoms with van der Waals surface area (Å²) in [5.41, 5.74) is -0.935. The van der Waals surface area contributed by atoms with Gasteiger partial charge in [0.15, 0.2) is 0 Å². The van der Waals surface area contributed by atoms with Crippen molar-refractivity contribution in [3.63, 3.8) is 0 Å². The zero-order chi connectivity index (χ0) is 12.1. The molecular weight excluding hydrogens is 208 g/mol. The van der Waals surface area contributed by atoms with Gasteiger partial charge in [-0.2, -0.15) is 0 Å². The van der Waals surface area contributed by atoms with Crippen molar-refractivity contribution in [1.29, 1.82) is 0 Å². The minimum atomic E-state index is -0.940. The first kappa shape index (κ1) is 11.4. The molecule has 1 atom stereocenters. The highest BCUT2D eigenvalue weighted by Crippen LogP contribution is 2.64. The van der Waals surface area contributed by atoms with Gasteiger partial charge in [-0.1, -0.05) is 12.0 Å². The fourth-order valence-electron chi connectivity index (χ4n) is 5.25. The Morgan fingerprint density at radius 1 is 1.24 bits per heavy atom. The van der Waals surface area contributed by atoms with E-state index < -0.39 is 5.60 Å². The molecular formula is C16H22O. The van der Waals surface area contributed by atoms with Crippen LogP contribution >= 0.6 is 0 Å². The second-order valence-electron chi connectivity index (χ2n) is 6.70. The summed E-state index contributed by atoms with van der Waals surface area (Å²) >= 11 is 0. The summed E-state index contributed by atoms with van der Waals surface area (Å²) in [4.78, 5) is 0.